The second-order valence-corrected chi connectivity index (χ2v) is 6.54. The highest BCUT2D eigenvalue weighted by Gasteiger charge is 2.28. The third kappa shape index (κ3) is 4.77. The fourth-order valence-electron chi connectivity index (χ4n) is 2.96. The Hall–Kier alpha value is -2.15. The molecule has 1 atom stereocenters. The van der Waals surface area contributed by atoms with Crippen molar-refractivity contribution in [3.05, 3.63) is 70.5 Å². The van der Waals surface area contributed by atoms with Gasteiger partial charge in [0.05, 0.1) is 10.6 Å². The maximum absolute atomic E-state index is 13.1. The van der Waals surface area contributed by atoms with Gasteiger partial charge in [0.2, 0.25) is 5.91 Å². The molecule has 2 aromatic carbocycles. The van der Waals surface area contributed by atoms with Gasteiger partial charge in [0.15, 0.2) is 0 Å². The molecule has 1 saturated heterocycles. The van der Waals surface area contributed by atoms with Gasteiger partial charge in [-0.1, -0.05) is 41.9 Å². The summed E-state index contributed by atoms with van der Waals surface area (Å²) in [6.45, 7) is 1.54. The SMILES string of the molecule is Cl.NC(C(=O)N1CCN(C(=O)c2ccc(F)cc2Cl)CC1)c1ccccc1. The standard InChI is InChI=1S/C19H19ClFN3O2.ClH/c20-16-12-14(21)6-7-15(16)18(25)23-8-10-24(11-9-23)19(26)17(22)13-4-2-1-3-5-13;/h1-7,12,17H,8-11,22H2;1H. The van der Waals surface area contributed by atoms with E-state index in [2.05, 4.69) is 0 Å². The van der Waals surface area contributed by atoms with Crippen molar-refractivity contribution >= 4 is 35.8 Å². The summed E-state index contributed by atoms with van der Waals surface area (Å²) in [6.07, 6.45) is 0. The van der Waals surface area contributed by atoms with Crippen molar-refractivity contribution in [3.8, 4) is 0 Å². The average Bonchev–Trinajstić information content (AvgIpc) is 2.67. The van der Waals surface area contributed by atoms with Crippen molar-refractivity contribution in [2.24, 2.45) is 5.73 Å². The quantitative estimate of drug-likeness (QED) is 0.843. The summed E-state index contributed by atoms with van der Waals surface area (Å²) in [6, 6.07) is 12.2. The van der Waals surface area contributed by atoms with Crippen LogP contribution in [0.2, 0.25) is 5.02 Å². The van der Waals surface area contributed by atoms with E-state index < -0.39 is 11.9 Å². The number of nitrogens with zero attached hydrogens (tertiary/aromatic N) is 2. The van der Waals surface area contributed by atoms with Gasteiger partial charge in [0.25, 0.3) is 5.91 Å². The van der Waals surface area contributed by atoms with Crippen molar-refractivity contribution in [1.82, 2.24) is 9.80 Å². The highest BCUT2D eigenvalue weighted by atomic mass is 35.5. The Morgan fingerprint density at radius 2 is 1.59 bits per heavy atom. The lowest BCUT2D eigenvalue weighted by Gasteiger charge is -2.36. The van der Waals surface area contributed by atoms with Crippen LogP contribution in [0, 0.1) is 5.82 Å². The summed E-state index contributed by atoms with van der Waals surface area (Å²) in [5.74, 6) is -0.922. The summed E-state index contributed by atoms with van der Waals surface area (Å²) >= 11 is 5.96. The van der Waals surface area contributed by atoms with E-state index in [1.54, 1.807) is 9.80 Å². The molecular formula is C19H20Cl2FN3O2. The molecule has 2 N–H and O–H groups in total. The van der Waals surface area contributed by atoms with Crippen molar-refractivity contribution < 1.29 is 14.0 Å². The van der Waals surface area contributed by atoms with Gasteiger partial charge in [-0.3, -0.25) is 9.59 Å². The van der Waals surface area contributed by atoms with Crippen LogP contribution < -0.4 is 5.73 Å². The van der Waals surface area contributed by atoms with Gasteiger partial charge in [-0.25, -0.2) is 4.39 Å². The number of halogens is 3. The van der Waals surface area contributed by atoms with Crippen molar-refractivity contribution in [2.45, 2.75) is 6.04 Å². The van der Waals surface area contributed by atoms with Crippen LogP contribution in [0.4, 0.5) is 4.39 Å². The molecule has 2 amide bonds. The number of amides is 2. The van der Waals surface area contributed by atoms with E-state index in [0.29, 0.717) is 26.2 Å². The topological polar surface area (TPSA) is 66.6 Å². The lowest BCUT2D eigenvalue weighted by Crippen LogP contribution is -2.52. The van der Waals surface area contributed by atoms with Crippen LogP contribution in [-0.2, 0) is 4.79 Å². The van der Waals surface area contributed by atoms with E-state index in [1.807, 2.05) is 30.3 Å². The van der Waals surface area contributed by atoms with Gasteiger partial charge in [-0.2, -0.15) is 0 Å². The van der Waals surface area contributed by atoms with Gasteiger partial charge < -0.3 is 15.5 Å². The van der Waals surface area contributed by atoms with Crippen molar-refractivity contribution in [1.29, 1.82) is 0 Å². The van der Waals surface area contributed by atoms with E-state index in [9.17, 15) is 14.0 Å². The molecule has 3 rings (SSSR count). The Morgan fingerprint density at radius 3 is 2.19 bits per heavy atom. The van der Waals surface area contributed by atoms with Crippen LogP contribution in [0.5, 0.6) is 0 Å². The lowest BCUT2D eigenvalue weighted by molar-refractivity contribution is -0.134. The molecule has 1 heterocycles. The van der Waals surface area contributed by atoms with E-state index in [0.717, 1.165) is 11.6 Å². The third-order valence-electron chi connectivity index (χ3n) is 4.46. The summed E-state index contributed by atoms with van der Waals surface area (Å²) in [5.41, 5.74) is 7.08. The zero-order valence-electron chi connectivity index (χ0n) is 14.5. The third-order valence-corrected chi connectivity index (χ3v) is 4.78. The molecule has 0 radical (unpaired) electrons. The number of hydrogen-bond donors (Lipinski definition) is 1. The molecule has 144 valence electrons. The predicted octanol–water partition coefficient (Wildman–Crippen LogP) is 2.89. The Morgan fingerprint density at radius 1 is 1.00 bits per heavy atom. The number of rotatable bonds is 3. The minimum atomic E-state index is -0.718. The van der Waals surface area contributed by atoms with E-state index in [4.69, 9.17) is 17.3 Å². The van der Waals surface area contributed by atoms with Crippen LogP contribution in [0.15, 0.2) is 48.5 Å². The molecule has 1 aliphatic heterocycles. The molecule has 8 heteroatoms. The minimum absolute atomic E-state index is 0. The predicted molar refractivity (Wildman–Crippen MR) is 105 cm³/mol. The number of benzene rings is 2. The summed E-state index contributed by atoms with van der Waals surface area (Å²) in [5, 5.41) is 0.0830. The lowest BCUT2D eigenvalue weighted by atomic mass is 10.1. The molecule has 1 unspecified atom stereocenters. The minimum Gasteiger partial charge on any atom is -0.337 e. The van der Waals surface area contributed by atoms with Crippen LogP contribution in [0.3, 0.4) is 0 Å². The first-order chi connectivity index (χ1) is 12.5. The molecule has 5 nitrogen and oxygen atoms in total. The molecule has 2 aromatic rings. The first-order valence-electron chi connectivity index (χ1n) is 8.31. The van der Waals surface area contributed by atoms with Crippen LogP contribution in [-0.4, -0.2) is 47.8 Å². The molecule has 27 heavy (non-hydrogen) atoms. The number of carbonyl (C=O) groups excluding carboxylic acids is 2. The molecule has 1 fully saturated rings. The smallest absolute Gasteiger partial charge is 0.255 e. The second kappa shape index (κ2) is 9.17. The molecule has 0 aliphatic carbocycles. The Kier molecular flexibility index (Phi) is 7.18. The average molecular weight is 412 g/mol. The summed E-state index contributed by atoms with van der Waals surface area (Å²) in [7, 11) is 0. The highest BCUT2D eigenvalue weighted by Crippen LogP contribution is 2.20. The zero-order valence-corrected chi connectivity index (χ0v) is 16.0. The molecule has 0 aromatic heterocycles. The molecule has 0 bridgehead atoms. The zero-order chi connectivity index (χ0) is 18.7. The van der Waals surface area contributed by atoms with Crippen molar-refractivity contribution in [2.75, 3.05) is 26.2 Å². The monoisotopic (exact) mass is 411 g/mol. The maximum Gasteiger partial charge on any atom is 0.255 e. The molecule has 1 aliphatic rings. The fourth-order valence-corrected chi connectivity index (χ4v) is 3.21. The Balaban J connectivity index is 0.00000261. The van der Waals surface area contributed by atoms with Gasteiger partial charge in [0.1, 0.15) is 11.9 Å². The number of piperazine rings is 1. The van der Waals surface area contributed by atoms with Gasteiger partial charge in [-0.05, 0) is 23.8 Å². The Labute approximate surface area is 168 Å². The first-order valence-corrected chi connectivity index (χ1v) is 8.69. The van der Waals surface area contributed by atoms with Gasteiger partial charge in [0, 0.05) is 26.2 Å². The summed E-state index contributed by atoms with van der Waals surface area (Å²) < 4.78 is 13.1. The number of hydrogen-bond acceptors (Lipinski definition) is 3. The second-order valence-electron chi connectivity index (χ2n) is 6.13. The number of nitrogens with two attached hydrogens (primary N) is 1. The van der Waals surface area contributed by atoms with Gasteiger partial charge in [-0.15, -0.1) is 12.4 Å². The molecular weight excluding hydrogens is 392 g/mol. The van der Waals surface area contributed by atoms with E-state index in [-0.39, 0.29) is 34.8 Å². The van der Waals surface area contributed by atoms with E-state index >= 15 is 0 Å². The largest absolute Gasteiger partial charge is 0.337 e. The van der Waals surface area contributed by atoms with Crippen LogP contribution in [0.25, 0.3) is 0 Å². The van der Waals surface area contributed by atoms with Gasteiger partial charge >= 0.3 is 0 Å². The first kappa shape index (κ1) is 21.2. The van der Waals surface area contributed by atoms with Crippen LogP contribution in [0.1, 0.15) is 22.0 Å². The van der Waals surface area contributed by atoms with E-state index in [1.165, 1.54) is 12.1 Å². The number of carbonyl (C=O) groups is 2. The Bertz CT molecular complexity index is 812. The van der Waals surface area contributed by atoms with Crippen molar-refractivity contribution in [3.63, 3.8) is 0 Å². The maximum atomic E-state index is 13.1. The van der Waals surface area contributed by atoms with Crippen LogP contribution >= 0.6 is 24.0 Å². The summed E-state index contributed by atoms with van der Waals surface area (Å²) in [4.78, 5) is 28.4. The highest BCUT2D eigenvalue weighted by molar-refractivity contribution is 6.33. The fraction of sp³-hybridized carbons (Fsp3) is 0.263. The molecule has 0 saturated carbocycles. The normalized spacial score (nSPS) is 15.1. The molecule has 0 spiro atoms.